The van der Waals surface area contributed by atoms with Crippen molar-refractivity contribution < 1.29 is 0 Å². The molecule has 0 saturated carbocycles. The lowest BCUT2D eigenvalue weighted by molar-refractivity contribution is 0.365. The fraction of sp³-hybridized carbons (Fsp3) is 0.714. The number of rotatable bonds is 11. The maximum atomic E-state index is 6.37. The van der Waals surface area contributed by atoms with Gasteiger partial charge in [0, 0.05) is 5.69 Å². The quantitative estimate of drug-likeness (QED) is 0.354. The van der Waals surface area contributed by atoms with Gasteiger partial charge in [0.2, 0.25) is 0 Å². The van der Waals surface area contributed by atoms with Crippen LogP contribution in [0.5, 0.6) is 0 Å². The molecule has 0 aliphatic rings. The van der Waals surface area contributed by atoms with Gasteiger partial charge in [-0.3, -0.25) is 0 Å². The molecule has 0 aliphatic carbocycles. The van der Waals surface area contributed by atoms with E-state index in [1.54, 1.807) is 0 Å². The molecule has 1 aromatic rings. The maximum Gasteiger partial charge on any atom is 0.0354 e. The molecule has 126 valence electrons. The zero-order chi connectivity index (χ0) is 16.4. The van der Waals surface area contributed by atoms with Crippen molar-refractivity contribution in [2.75, 3.05) is 5.73 Å². The molecule has 1 heteroatoms. The third-order valence-corrected chi connectivity index (χ3v) is 5.02. The van der Waals surface area contributed by atoms with Crippen LogP contribution in [0.2, 0.25) is 0 Å². The molecule has 0 spiro atoms. The summed E-state index contributed by atoms with van der Waals surface area (Å²) in [6.07, 6.45) is 13.2. The molecule has 0 amide bonds. The van der Waals surface area contributed by atoms with Gasteiger partial charge < -0.3 is 5.73 Å². The Labute approximate surface area is 138 Å². The van der Waals surface area contributed by atoms with Gasteiger partial charge in [-0.05, 0) is 42.4 Å². The highest BCUT2D eigenvalue weighted by molar-refractivity contribution is 5.52. The van der Waals surface area contributed by atoms with Gasteiger partial charge in [0.1, 0.15) is 0 Å². The summed E-state index contributed by atoms with van der Waals surface area (Å²) in [6.45, 7) is 9.12. The van der Waals surface area contributed by atoms with Crippen molar-refractivity contribution in [2.45, 2.75) is 97.3 Å². The minimum absolute atomic E-state index is 0.249. The Bertz CT molecular complexity index is 410. The summed E-state index contributed by atoms with van der Waals surface area (Å²) in [5, 5.41) is 0. The second-order valence-corrected chi connectivity index (χ2v) is 7.27. The first-order chi connectivity index (χ1) is 10.5. The van der Waals surface area contributed by atoms with Crippen LogP contribution in [0.25, 0.3) is 0 Å². The minimum Gasteiger partial charge on any atom is -0.398 e. The average Bonchev–Trinajstić information content (AvgIpc) is 2.48. The van der Waals surface area contributed by atoms with E-state index in [1.807, 2.05) is 0 Å². The second kappa shape index (κ2) is 9.92. The van der Waals surface area contributed by atoms with E-state index in [0.717, 1.165) is 5.69 Å². The van der Waals surface area contributed by atoms with E-state index in [1.165, 1.54) is 75.3 Å². The van der Waals surface area contributed by atoms with Crippen molar-refractivity contribution in [1.29, 1.82) is 0 Å². The zero-order valence-corrected chi connectivity index (χ0v) is 15.4. The Kier molecular flexibility index (Phi) is 8.60. The normalized spacial score (nSPS) is 11.8. The molecule has 1 aromatic carbocycles. The molecule has 0 radical (unpaired) electrons. The van der Waals surface area contributed by atoms with Gasteiger partial charge in [0.15, 0.2) is 0 Å². The minimum atomic E-state index is 0.249. The van der Waals surface area contributed by atoms with Crippen LogP contribution in [0, 0.1) is 6.92 Å². The summed E-state index contributed by atoms with van der Waals surface area (Å²) in [6, 6.07) is 6.65. The Morgan fingerprint density at radius 1 is 0.864 bits per heavy atom. The predicted octanol–water partition coefficient (Wildman–Crippen LogP) is 6.78. The third-order valence-electron chi connectivity index (χ3n) is 5.02. The molecular formula is C21H37N. The van der Waals surface area contributed by atoms with Crippen molar-refractivity contribution in [3.05, 3.63) is 29.3 Å². The first-order valence-electron chi connectivity index (χ1n) is 9.40. The smallest absolute Gasteiger partial charge is 0.0354 e. The molecule has 1 rings (SSSR count). The standard InChI is InChI=1S/C21H37N/c1-5-7-9-11-15-21(4,16-12-10-8-6-2)19-14-13-18(3)17-20(19)22/h13-14,17H,5-12,15-16,22H2,1-4H3. The molecule has 0 fully saturated rings. The van der Waals surface area contributed by atoms with Crippen LogP contribution in [0.1, 0.15) is 96.1 Å². The molecule has 0 aromatic heterocycles. The van der Waals surface area contributed by atoms with Gasteiger partial charge in [-0.15, -0.1) is 0 Å². The van der Waals surface area contributed by atoms with Crippen LogP contribution in [-0.2, 0) is 5.41 Å². The first-order valence-corrected chi connectivity index (χ1v) is 9.40. The van der Waals surface area contributed by atoms with Gasteiger partial charge >= 0.3 is 0 Å². The van der Waals surface area contributed by atoms with E-state index in [2.05, 4.69) is 45.9 Å². The van der Waals surface area contributed by atoms with E-state index in [0.29, 0.717) is 0 Å². The molecule has 0 bridgehead atoms. The lowest BCUT2D eigenvalue weighted by atomic mass is 9.73. The Hall–Kier alpha value is -0.980. The molecule has 0 heterocycles. The molecule has 0 atom stereocenters. The van der Waals surface area contributed by atoms with Crippen molar-refractivity contribution in [1.82, 2.24) is 0 Å². The van der Waals surface area contributed by atoms with E-state index in [-0.39, 0.29) is 5.41 Å². The number of nitrogen functional groups attached to an aromatic ring is 1. The van der Waals surface area contributed by atoms with Crippen LogP contribution in [0.4, 0.5) is 5.69 Å². The van der Waals surface area contributed by atoms with E-state index < -0.39 is 0 Å². The number of aryl methyl sites for hydroxylation is 1. The summed E-state index contributed by atoms with van der Waals surface area (Å²) < 4.78 is 0. The predicted molar refractivity (Wildman–Crippen MR) is 100 cm³/mol. The SMILES string of the molecule is CCCCCCC(C)(CCCCCC)c1ccc(C)cc1N. The molecule has 0 saturated heterocycles. The Morgan fingerprint density at radius 2 is 1.41 bits per heavy atom. The van der Waals surface area contributed by atoms with Crippen molar-refractivity contribution in [2.24, 2.45) is 0 Å². The van der Waals surface area contributed by atoms with Crippen molar-refractivity contribution in [3.8, 4) is 0 Å². The summed E-state index contributed by atoms with van der Waals surface area (Å²) in [5.74, 6) is 0. The van der Waals surface area contributed by atoms with Gasteiger partial charge in [-0.1, -0.05) is 84.3 Å². The van der Waals surface area contributed by atoms with E-state index in [9.17, 15) is 0 Å². The fourth-order valence-corrected chi connectivity index (χ4v) is 3.51. The summed E-state index contributed by atoms with van der Waals surface area (Å²) in [5.41, 5.74) is 10.3. The first kappa shape index (κ1) is 19.1. The van der Waals surface area contributed by atoms with Crippen LogP contribution >= 0.6 is 0 Å². The lowest BCUT2D eigenvalue weighted by Crippen LogP contribution is -2.23. The number of benzene rings is 1. The van der Waals surface area contributed by atoms with Gasteiger partial charge in [-0.2, -0.15) is 0 Å². The largest absolute Gasteiger partial charge is 0.398 e. The highest BCUT2D eigenvalue weighted by Gasteiger charge is 2.27. The average molecular weight is 304 g/mol. The van der Waals surface area contributed by atoms with Gasteiger partial charge in [0.05, 0.1) is 0 Å². The van der Waals surface area contributed by atoms with Crippen molar-refractivity contribution in [3.63, 3.8) is 0 Å². The fourth-order valence-electron chi connectivity index (χ4n) is 3.51. The summed E-state index contributed by atoms with van der Waals surface area (Å²) in [4.78, 5) is 0. The number of nitrogens with two attached hydrogens (primary N) is 1. The maximum absolute atomic E-state index is 6.37. The topological polar surface area (TPSA) is 26.0 Å². The Balaban J connectivity index is 2.79. The number of unbranched alkanes of at least 4 members (excludes halogenated alkanes) is 6. The third kappa shape index (κ3) is 6.02. The van der Waals surface area contributed by atoms with E-state index >= 15 is 0 Å². The molecule has 2 N–H and O–H groups in total. The summed E-state index contributed by atoms with van der Waals surface area (Å²) in [7, 11) is 0. The molecule has 0 aliphatic heterocycles. The van der Waals surface area contributed by atoms with Crippen molar-refractivity contribution >= 4 is 5.69 Å². The zero-order valence-electron chi connectivity index (χ0n) is 15.4. The number of hydrogen-bond donors (Lipinski definition) is 1. The van der Waals surface area contributed by atoms with Crippen LogP contribution in [0.3, 0.4) is 0 Å². The molecule has 22 heavy (non-hydrogen) atoms. The summed E-state index contributed by atoms with van der Waals surface area (Å²) >= 11 is 0. The Morgan fingerprint density at radius 3 is 1.86 bits per heavy atom. The van der Waals surface area contributed by atoms with Crippen LogP contribution < -0.4 is 5.73 Å². The van der Waals surface area contributed by atoms with E-state index in [4.69, 9.17) is 5.73 Å². The number of anilines is 1. The van der Waals surface area contributed by atoms with Crippen LogP contribution in [-0.4, -0.2) is 0 Å². The molecule has 0 unspecified atom stereocenters. The monoisotopic (exact) mass is 303 g/mol. The van der Waals surface area contributed by atoms with Gasteiger partial charge in [0.25, 0.3) is 0 Å². The molecular weight excluding hydrogens is 266 g/mol. The highest BCUT2D eigenvalue weighted by Crippen LogP contribution is 2.38. The van der Waals surface area contributed by atoms with Crippen LogP contribution in [0.15, 0.2) is 18.2 Å². The van der Waals surface area contributed by atoms with Gasteiger partial charge in [-0.25, -0.2) is 0 Å². The number of hydrogen-bond acceptors (Lipinski definition) is 1. The second-order valence-electron chi connectivity index (χ2n) is 7.27. The lowest BCUT2D eigenvalue weighted by Gasteiger charge is -2.32. The molecule has 1 nitrogen and oxygen atoms in total. The highest BCUT2D eigenvalue weighted by atomic mass is 14.6.